The van der Waals surface area contributed by atoms with Gasteiger partial charge in [-0.25, -0.2) is 4.79 Å². The second-order valence-corrected chi connectivity index (χ2v) is 7.23. The van der Waals surface area contributed by atoms with E-state index >= 15 is 0 Å². The number of ether oxygens (including phenoxy) is 1. The molecule has 6 nitrogen and oxygen atoms in total. The molecule has 1 fully saturated rings. The van der Waals surface area contributed by atoms with Gasteiger partial charge in [0.2, 0.25) is 0 Å². The van der Waals surface area contributed by atoms with Gasteiger partial charge in [0.15, 0.2) is 0 Å². The van der Waals surface area contributed by atoms with E-state index in [4.69, 9.17) is 4.74 Å². The maximum absolute atomic E-state index is 12.8. The first-order chi connectivity index (χ1) is 13.7. The molecule has 1 atom stereocenters. The van der Waals surface area contributed by atoms with Crippen molar-refractivity contribution in [1.29, 1.82) is 0 Å². The lowest BCUT2D eigenvalue weighted by Gasteiger charge is -2.18. The lowest BCUT2D eigenvalue weighted by molar-refractivity contribution is 0.0989. The minimum Gasteiger partial charge on any atom is -0.376 e. The molecule has 4 rings (SSSR count). The summed E-state index contributed by atoms with van der Waals surface area (Å²) in [7, 11) is 0. The summed E-state index contributed by atoms with van der Waals surface area (Å²) in [5.74, 6) is 0.0127. The van der Waals surface area contributed by atoms with E-state index in [1.165, 1.54) is 0 Å². The Balaban J connectivity index is 1.36. The maximum Gasteiger partial charge on any atom is 0.315 e. The SMILES string of the molecule is O=C(NCc1ccc2c(c1)N(C(=O)c1ccccc1)CC2)NC[C@H]1CCCO1. The zero-order valence-corrected chi connectivity index (χ0v) is 15.8. The molecule has 28 heavy (non-hydrogen) atoms. The largest absolute Gasteiger partial charge is 0.376 e. The van der Waals surface area contributed by atoms with Gasteiger partial charge in [0, 0.05) is 37.5 Å². The zero-order valence-electron chi connectivity index (χ0n) is 15.8. The van der Waals surface area contributed by atoms with Gasteiger partial charge in [0.05, 0.1) is 6.10 Å². The molecule has 146 valence electrons. The molecule has 2 aromatic carbocycles. The Kier molecular flexibility index (Phi) is 5.58. The van der Waals surface area contributed by atoms with Crippen LogP contribution in [0.25, 0.3) is 0 Å². The average Bonchev–Trinajstić information content (AvgIpc) is 3.40. The molecule has 2 aliphatic rings. The number of amides is 3. The van der Waals surface area contributed by atoms with Gasteiger partial charge in [-0.3, -0.25) is 4.79 Å². The molecule has 0 aliphatic carbocycles. The summed E-state index contributed by atoms with van der Waals surface area (Å²) in [6.07, 6.45) is 3.03. The Bertz CT molecular complexity index is 847. The fraction of sp³-hybridized carbons (Fsp3) is 0.364. The van der Waals surface area contributed by atoms with Crippen LogP contribution in [0.5, 0.6) is 0 Å². The fourth-order valence-corrected chi connectivity index (χ4v) is 3.74. The van der Waals surface area contributed by atoms with Crippen molar-refractivity contribution in [3.63, 3.8) is 0 Å². The molecule has 0 radical (unpaired) electrons. The highest BCUT2D eigenvalue weighted by molar-refractivity contribution is 6.07. The van der Waals surface area contributed by atoms with Gasteiger partial charge >= 0.3 is 6.03 Å². The normalized spacial score (nSPS) is 18.0. The third-order valence-electron chi connectivity index (χ3n) is 5.28. The van der Waals surface area contributed by atoms with E-state index < -0.39 is 0 Å². The van der Waals surface area contributed by atoms with E-state index in [0.29, 0.717) is 25.2 Å². The van der Waals surface area contributed by atoms with E-state index in [2.05, 4.69) is 16.7 Å². The smallest absolute Gasteiger partial charge is 0.315 e. The molecule has 0 unspecified atom stereocenters. The quantitative estimate of drug-likeness (QED) is 0.839. The van der Waals surface area contributed by atoms with Gasteiger partial charge in [0.1, 0.15) is 0 Å². The van der Waals surface area contributed by atoms with E-state index in [1.54, 1.807) is 0 Å². The van der Waals surface area contributed by atoms with Crippen LogP contribution in [0.1, 0.15) is 34.3 Å². The first kappa shape index (κ1) is 18.5. The molecule has 0 spiro atoms. The summed E-state index contributed by atoms with van der Waals surface area (Å²) >= 11 is 0. The van der Waals surface area contributed by atoms with Crippen LogP contribution in [0.15, 0.2) is 48.5 Å². The second-order valence-electron chi connectivity index (χ2n) is 7.23. The first-order valence-electron chi connectivity index (χ1n) is 9.83. The predicted octanol–water partition coefficient (Wildman–Crippen LogP) is 2.87. The topological polar surface area (TPSA) is 70.7 Å². The van der Waals surface area contributed by atoms with Crippen LogP contribution < -0.4 is 15.5 Å². The Hall–Kier alpha value is -2.86. The van der Waals surface area contributed by atoms with E-state index in [1.807, 2.05) is 47.4 Å². The minimum absolute atomic E-state index is 0.0127. The summed E-state index contributed by atoms with van der Waals surface area (Å²) < 4.78 is 5.51. The van der Waals surface area contributed by atoms with Crippen molar-refractivity contribution >= 4 is 17.6 Å². The van der Waals surface area contributed by atoms with Crippen molar-refractivity contribution in [2.45, 2.75) is 31.9 Å². The van der Waals surface area contributed by atoms with Gasteiger partial charge in [-0.05, 0) is 48.6 Å². The van der Waals surface area contributed by atoms with Crippen LogP contribution in [0.3, 0.4) is 0 Å². The summed E-state index contributed by atoms with van der Waals surface area (Å²) in [4.78, 5) is 26.7. The molecule has 2 heterocycles. The van der Waals surface area contributed by atoms with Crippen molar-refractivity contribution in [2.75, 3.05) is 24.6 Å². The molecule has 0 saturated carbocycles. The number of urea groups is 1. The maximum atomic E-state index is 12.8. The summed E-state index contributed by atoms with van der Waals surface area (Å²) in [6, 6.07) is 15.2. The highest BCUT2D eigenvalue weighted by Crippen LogP contribution is 2.30. The van der Waals surface area contributed by atoms with Crippen LogP contribution in [0, 0.1) is 0 Å². The van der Waals surface area contributed by atoms with E-state index in [0.717, 1.165) is 42.7 Å². The summed E-state index contributed by atoms with van der Waals surface area (Å²) in [5.41, 5.74) is 3.76. The van der Waals surface area contributed by atoms with Crippen LogP contribution >= 0.6 is 0 Å². The van der Waals surface area contributed by atoms with Crippen LogP contribution in [0.2, 0.25) is 0 Å². The number of nitrogens with one attached hydrogen (secondary N) is 2. The average molecular weight is 379 g/mol. The molecule has 6 heteroatoms. The van der Waals surface area contributed by atoms with Crippen LogP contribution in [-0.2, 0) is 17.7 Å². The first-order valence-corrected chi connectivity index (χ1v) is 9.83. The monoisotopic (exact) mass is 379 g/mol. The number of hydrogen-bond donors (Lipinski definition) is 2. The molecular formula is C22H25N3O3. The third-order valence-corrected chi connectivity index (χ3v) is 5.28. The predicted molar refractivity (Wildman–Crippen MR) is 107 cm³/mol. The van der Waals surface area contributed by atoms with Gasteiger partial charge in [-0.1, -0.05) is 30.3 Å². The Labute approximate surface area is 164 Å². The Morgan fingerprint density at radius 2 is 1.96 bits per heavy atom. The number of fused-ring (bicyclic) bond motifs is 1. The molecule has 1 saturated heterocycles. The van der Waals surface area contributed by atoms with Gasteiger partial charge in [-0.15, -0.1) is 0 Å². The highest BCUT2D eigenvalue weighted by atomic mass is 16.5. The lowest BCUT2D eigenvalue weighted by atomic mass is 10.1. The number of benzene rings is 2. The highest BCUT2D eigenvalue weighted by Gasteiger charge is 2.25. The number of carbonyl (C=O) groups is 2. The molecule has 2 N–H and O–H groups in total. The summed E-state index contributed by atoms with van der Waals surface area (Å²) in [6.45, 7) is 2.41. The number of rotatable bonds is 5. The molecule has 0 aromatic heterocycles. The van der Waals surface area contributed by atoms with Crippen molar-refractivity contribution in [3.8, 4) is 0 Å². The number of anilines is 1. The third kappa shape index (κ3) is 4.17. The lowest BCUT2D eigenvalue weighted by Crippen LogP contribution is -2.39. The fourth-order valence-electron chi connectivity index (χ4n) is 3.74. The van der Waals surface area contributed by atoms with Crippen molar-refractivity contribution in [2.24, 2.45) is 0 Å². The van der Waals surface area contributed by atoms with Crippen LogP contribution in [0.4, 0.5) is 10.5 Å². The van der Waals surface area contributed by atoms with Crippen LogP contribution in [-0.4, -0.2) is 37.7 Å². The standard InChI is InChI=1S/C22H25N3O3/c26-21(18-5-2-1-3-6-18)25-11-10-17-9-8-16(13-20(17)25)14-23-22(27)24-15-19-7-4-12-28-19/h1-3,5-6,8-9,13,19H,4,7,10-12,14-15H2,(H2,23,24,27)/t19-/m1/s1. The minimum atomic E-state index is -0.201. The summed E-state index contributed by atoms with van der Waals surface area (Å²) in [5, 5.41) is 5.74. The number of nitrogens with zero attached hydrogens (tertiary/aromatic N) is 1. The van der Waals surface area contributed by atoms with Crippen molar-refractivity contribution < 1.29 is 14.3 Å². The Morgan fingerprint density at radius 1 is 1.11 bits per heavy atom. The number of carbonyl (C=O) groups excluding carboxylic acids is 2. The van der Waals surface area contributed by atoms with E-state index in [9.17, 15) is 9.59 Å². The molecule has 2 aromatic rings. The second kappa shape index (κ2) is 8.44. The number of hydrogen-bond acceptors (Lipinski definition) is 3. The van der Waals surface area contributed by atoms with Gasteiger partial charge < -0.3 is 20.3 Å². The molecule has 2 aliphatic heterocycles. The van der Waals surface area contributed by atoms with Gasteiger partial charge in [-0.2, -0.15) is 0 Å². The zero-order chi connectivity index (χ0) is 19.3. The van der Waals surface area contributed by atoms with E-state index in [-0.39, 0.29) is 18.0 Å². The molecule has 0 bridgehead atoms. The van der Waals surface area contributed by atoms with Crippen molar-refractivity contribution in [1.82, 2.24) is 10.6 Å². The van der Waals surface area contributed by atoms with Gasteiger partial charge in [0.25, 0.3) is 5.91 Å². The Morgan fingerprint density at radius 3 is 2.75 bits per heavy atom. The van der Waals surface area contributed by atoms with Crippen molar-refractivity contribution in [3.05, 3.63) is 65.2 Å². The molecular weight excluding hydrogens is 354 g/mol. The molecule has 3 amide bonds.